The fraction of sp³-hybridized carbons (Fsp3) is 0.440. The quantitative estimate of drug-likeness (QED) is 0.327. The highest BCUT2D eigenvalue weighted by molar-refractivity contribution is 14.0. The van der Waals surface area contributed by atoms with Crippen LogP contribution in [0.25, 0.3) is 0 Å². The molecule has 1 heterocycles. The van der Waals surface area contributed by atoms with Gasteiger partial charge in [-0.15, -0.1) is 24.0 Å². The van der Waals surface area contributed by atoms with Crippen molar-refractivity contribution in [2.45, 2.75) is 32.4 Å². The topological polar surface area (TPSA) is 60.0 Å². The molecule has 0 unspecified atom stereocenters. The lowest BCUT2D eigenvalue weighted by Gasteiger charge is -2.36. The SMILES string of the molecule is CN=C(NCc1cccc(NC(=O)C2CCC2)c1)N1CCN(Cc2ccccc2)CC1.I. The van der Waals surface area contributed by atoms with E-state index in [1.54, 1.807) is 0 Å². The second-order valence-electron chi connectivity index (χ2n) is 8.47. The van der Waals surface area contributed by atoms with Crippen LogP contribution in [0.4, 0.5) is 5.69 Å². The van der Waals surface area contributed by atoms with E-state index in [-0.39, 0.29) is 35.8 Å². The molecule has 1 amide bonds. The van der Waals surface area contributed by atoms with Gasteiger partial charge >= 0.3 is 0 Å². The molecule has 0 spiro atoms. The number of hydrogen-bond donors (Lipinski definition) is 2. The molecule has 2 aromatic rings. The molecule has 0 atom stereocenters. The van der Waals surface area contributed by atoms with Crippen molar-refractivity contribution in [2.24, 2.45) is 10.9 Å². The Morgan fingerprint density at radius 3 is 2.38 bits per heavy atom. The number of hydrogen-bond acceptors (Lipinski definition) is 3. The Kier molecular flexibility index (Phi) is 9.35. The molecule has 4 rings (SSSR count). The van der Waals surface area contributed by atoms with Gasteiger partial charge in [-0.25, -0.2) is 0 Å². The summed E-state index contributed by atoms with van der Waals surface area (Å²) >= 11 is 0. The van der Waals surface area contributed by atoms with Crippen LogP contribution >= 0.6 is 24.0 Å². The number of aliphatic imine (C=N–C) groups is 1. The summed E-state index contributed by atoms with van der Waals surface area (Å²) in [5.41, 5.74) is 3.37. The van der Waals surface area contributed by atoms with Crippen LogP contribution in [0.3, 0.4) is 0 Å². The molecule has 2 aromatic carbocycles. The van der Waals surface area contributed by atoms with Crippen LogP contribution in [-0.4, -0.2) is 54.9 Å². The molecule has 1 aliphatic heterocycles. The van der Waals surface area contributed by atoms with Gasteiger partial charge < -0.3 is 15.5 Å². The molecule has 172 valence electrons. The third kappa shape index (κ3) is 6.68. The standard InChI is InChI=1S/C25H33N5O.HI/c1-26-25(30-15-13-29(14-16-30)19-20-7-3-2-4-8-20)27-18-21-9-5-12-23(17-21)28-24(31)22-10-6-11-22;/h2-5,7-9,12,17,22H,6,10-11,13-16,18-19H2,1H3,(H,26,27)(H,28,31);1H. The molecule has 0 bridgehead atoms. The van der Waals surface area contributed by atoms with Crippen molar-refractivity contribution in [2.75, 3.05) is 38.5 Å². The molecular formula is C25H34IN5O. The van der Waals surface area contributed by atoms with Gasteiger partial charge in [0.15, 0.2) is 5.96 Å². The summed E-state index contributed by atoms with van der Waals surface area (Å²) in [6.45, 7) is 5.66. The molecule has 32 heavy (non-hydrogen) atoms. The van der Waals surface area contributed by atoms with Crippen LogP contribution in [0.2, 0.25) is 0 Å². The predicted octanol–water partition coefficient (Wildman–Crippen LogP) is 3.94. The summed E-state index contributed by atoms with van der Waals surface area (Å²) in [6, 6.07) is 18.7. The Bertz CT molecular complexity index is 892. The molecule has 2 fully saturated rings. The first kappa shape index (κ1) is 24.5. The van der Waals surface area contributed by atoms with E-state index in [4.69, 9.17) is 0 Å². The van der Waals surface area contributed by atoms with Crippen LogP contribution in [0.1, 0.15) is 30.4 Å². The zero-order valence-electron chi connectivity index (χ0n) is 18.8. The minimum atomic E-state index is 0. The third-order valence-electron chi connectivity index (χ3n) is 6.25. The fourth-order valence-electron chi connectivity index (χ4n) is 4.15. The van der Waals surface area contributed by atoms with E-state index in [9.17, 15) is 4.79 Å². The number of carbonyl (C=O) groups is 1. The number of carbonyl (C=O) groups excluding carboxylic acids is 1. The van der Waals surface area contributed by atoms with Gasteiger partial charge in [0.25, 0.3) is 0 Å². The Balaban J connectivity index is 0.00000289. The highest BCUT2D eigenvalue weighted by Gasteiger charge is 2.25. The number of rotatable bonds is 6. The normalized spacial score (nSPS) is 17.3. The van der Waals surface area contributed by atoms with Gasteiger partial charge in [-0.05, 0) is 36.1 Å². The van der Waals surface area contributed by atoms with E-state index < -0.39 is 0 Å². The first-order valence-corrected chi connectivity index (χ1v) is 11.3. The third-order valence-corrected chi connectivity index (χ3v) is 6.25. The average molecular weight is 547 g/mol. The first-order valence-electron chi connectivity index (χ1n) is 11.3. The largest absolute Gasteiger partial charge is 0.352 e. The lowest BCUT2D eigenvalue weighted by molar-refractivity contribution is -0.122. The van der Waals surface area contributed by atoms with Gasteiger partial charge in [-0.1, -0.05) is 48.9 Å². The Morgan fingerprint density at radius 2 is 1.72 bits per heavy atom. The van der Waals surface area contributed by atoms with Crippen LogP contribution in [-0.2, 0) is 17.9 Å². The maximum atomic E-state index is 12.2. The van der Waals surface area contributed by atoms with Crippen molar-refractivity contribution in [1.29, 1.82) is 0 Å². The number of amides is 1. The smallest absolute Gasteiger partial charge is 0.227 e. The Labute approximate surface area is 208 Å². The summed E-state index contributed by atoms with van der Waals surface area (Å²) in [6.07, 6.45) is 3.20. The highest BCUT2D eigenvalue weighted by Crippen LogP contribution is 2.27. The second kappa shape index (κ2) is 12.2. The molecule has 6 nitrogen and oxygen atoms in total. The Hall–Kier alpha value is -2.13. The van der Waals surface area contributed by atoms with E-state index in [2.05, 4.69) is 67.9 Å². The first-order chi connectivity index (χ1) is 15.2. The van der Waals surface area contributed by atoms with E-state index in [1.807, 2.05) is 19.2 Å². The van der Waals surface area contributed by atoms with Gasteiger partial charge in [0.1, 0.15) is 0 Å². The molecule has 0 aromatic heterocycles. The second-order valence-corrected chi connectivity index (χ2v) is 8.47. The van der Waals surface area contributed by atoms with E-state index in [0.717, 1.165) is 62.8 Å². The van der Waals surface area contributed by atoms with Crippen LogP contribution in [0.15, 0.2) is 59.6 Å². The average Bonchev–Trinajstić information content (AvgIpc) is 2.75. The zero-order chi connectivity index (χ0) is 21.5. The molecule has 2 aliphatic rings. The molecule has 2 N–H and O–H groups in total. The maximum absolute atomic E-state index is 12.2. The van der Waals surface area contributed by atoms with Crippen molar-refractivity contribution >= 4 is 41.5 Å². The van der Waals surface area contributed by atoms with Gasteiger partial charge in [0.05, 0.1) is 0 Å². The number of nitrogens with one attached hydrogen (secondary N) is 2. The van der Waals surface area contributed by atoms with Crippen molar-refractivity contribution in [3.8, 4) is 0 Å². The minimum Gasteiger partial charge on any atom is -0.352 e. The summed E-state index contributed by atoms with van der Waals surface area (Å²) in [4.78, 5) is 21.5. The number of piperazine rings is 1. The van der Waals surface area contributed by atoms with Crippen molar-refractivity contribution in [3.05, 3.63) is 65.7 Å². The molecular weight excluding hydrogens is 513 g/mol. The van der Waals surface area contributed by atoms with Crippen LogP contribution in [0.5, 0.6) is 0 Å². The number of halogens is 1. The lowest BCUT2D eigenvalue weighted by Crippen LogP contribution is -2.52. The van der Waals surface area contributed by atoms with Crippen molar-refractivity contribution in [3.63, 3.8) is 0 Å². The van der Waals surface area contributed by atoms with Gasteiger partial charge in [0, 0.05) is 57.9 Å². The highest BCUT2D eigenvalue weighted by atomic mass is 127. The van der Waals surface area contributed by atoms with Crippen LogP contribution in [0, 0.1) is 5.92 Å². The van der Waals surface area contributed by atoms with E-state index in [1.165, 1.54) is 12.0 Å². The number of benzene rings is 2. The lowest BCUT2D eigenvalue weighted by atomic mass is 9.85. The molecule has 1 saturated carbocycles. The molecule has 1 saturated heterocycles. The number of nitrogens with zero attached hydrogens (tertiary/aromatic N) is 3. The summed E-state index contributed by atoms with van der Waals surface area (Å²) in [7, 11) is 1.84. The van der Waals surface area contributed by atoms with Crippen LogP contribution < -0.4 is 10.6 Å². The number of guanidine groups is 1. The van der Waals surface area contributed by atoms with E-state index >= 15 is 0 Å². The number of anilines is 1. The molecule has 1 aliphatic carbocycles. The Morgan fingerprint density at radius 1 is 1.00 bits per heavy atom. The summed E-state index contributed by atoms with van der Waals surface area (Å²) in [5.74, 6) is 1.28. The van der Waals surface area contributed by atoms with Gasteiger partial charge in [-0.3, -0.25) is 14.7 Å². The van der Waals surface area contributed by atoms with Crippen molar-refractivity contribution < 1.29 is 4.79 Å². The van der Waals surface area contributed by atoms with Crippen molar-refractivity contribution in [1.82, 2.24) is 15.1 Å². The predicted molar refractivity (Wildman–Crippen MR) is 141 cm³/mol. The maximum Gasteiger partial charge on any atom is 0.227 e. The van der Waals surface area contributed by atoms with Gasteiger partial charge in [0.2, 0.25) is 5.91 Å². The summed E-state index contributed by atoms with van der Waals surface area (Å²) < 4.78 is 0. The molecule has 0 radical (unpaired) electrons. The minimum absolute atomic E-state index is 0. The molecule has 7 heteroatoms. The fourth-order valence-corrected chi connectivity index (χ4v) is 4.15. The monoisotopic (exact) mass is 547 g/mol. The van der Waals surface area contributed by atoms with Gasteiger partial charge in [-0.2, -0.15) is 0 Å². The van der Waals surface area contributed by atoms with E-state index in [0.29, 0.717) is 6.54 Å². The zero-order valence-corrected chi connectivity index (χ0v) is 21.1. The summed E-state index contributed by atoms with van der Waals surface area (Å²) in [5, 5.41) is 6.55.